The number of hydrogen-bond acceptors (Lipinski definition) is 4. The minimum Gasteiger partial charge on any atom is -0.207 e. The predicted octanol–water partition coefficient (Wildman–Crippen LogP) is 4.36. The fourth-order valence-corrected chi connectivity index (χ4v) is 3.25. The molecule has 2 heterocycles. The highest BCUT2D eigenvalue weighted by Crippen LogP contribution is 2.19. The van der Waals surface area contributed by atoms with Gasteiger partial charge in [-0.3, -0.25) is 0 Å². The topological polar surface area (TPSA) is 43.1 Å². The van der Waals surface area contributed by atoms with Crippen LogP contribution in [0.5, 0.6) is 0 Å². The second-order valence-electron chi connectivity index (χ2n) is 5.59. The number of hydrogen-bond donors (Lipinski definition) is 0. The van der Waals surface area contributed by atoms with Crippen molar-refractivity contribution in [2.45, 2.75) is 6.42 Å². The molecule has 2 aromatic heterocycles. The Kier molecular flexibility index (Phi) is 4.26. The third kappa shape index (κ3) is 3.50. The van der Waals surface area contributed by atoms with E-state index < -0.39 is 11.6 Å². The Balaban J connectivity index is 1.59. The van der Waals surface area contributed by atoms with E-state index in [2.05, 4.69) is 15.3 Å². The van der Waals surface area contributed by atoms with Crippen LogP contribution in [0.3, 0.4) is 0 Å². The highest BCUT2D eigenvalue weighted by atomic mass is 32.1. The Hall–Kier alpha value is -3.00. The lowest BCUT2D eigenvalue weighted by Crippen LogP contribution is -1.99. The minimum absolute atomic E-state index is 0.209. The first-order valence-electron chi connectivity index (χ1n) is 7.66. The van der Waals surface area contributed by atoms with Gasteiger partial charge >= 0.3 is 0 Å². The van der Waals surface area contributed by atoms with Gasteiger partial charge < -0.3 is 0 Å². The summed E-state index contributed by atoms with van der Waals surface area (Å²) in [6.07, 6.45) is 3.81. The number of benzene rings is 2. The maximum atomic E-state index is 13.3. The number of nitrogens with zero attached hydrogens (tertiary/aromatic N) is 4. The second-order valence-corrected chi connectivity index (χ2v) is 6.58. The normalized spacial score (nSPS) is 11.7. The Morgan fingerprint density at radius 2 is 1.62 bits per heavy atom. The van der Waals surface area contributed by atoms with Crippen LogP contribution in [-0.4, -0.2) is 19.8 Å². The summed E-state index contributed by atoms with van der Waals surface area (Å²) in [5.74, 6) is -1.08. The van der Waals surface area contributed by atoms with E-state index in [0.717, 1.165) is 11.6 Å². The van der Waals surface area contributed by atoms with Gasteiger partial charge in [0.1, 0.15) is 22.5 Å². The molecule has 0 N–H and O–H groups in total. The van der Waals surface area contributed by atoms with Gasteiger partial charge in [-0.15, -0.1) is 10.2 Å². The van der Waals surface area contributed by atoms with Crippen LogP contribution in [0, 0.1) is 17.5 Å². The standard InChI is InChI=1S/C18H11F3N4S/c19-13-4-1-11(2-5-13)3-6-17-24-25-16(22-23-18(25)26-17)9-12-7-14(20)10-15(21)8-12/h1-8,10H,9H2/b6-3+. The Morgan fingerprint density at radius 3 is 2.35 bits per heavy atom. The highest BCUT2D eigenvalue weighted by molar-refractivity contribution is 7.17. The Morgan fingerprint density at radius 1 is 0.885 bits per heavy atom. The molecule has 26 heavy (non-hydrogen) atoms. The van der Waals surface area contributed by atoms with Gasteiger partial charge in [0.25, 0.3) is 0 Å². The SMILES string of the molecule is Fc1ccc(/C=C/c2nn3c(Cc4cc(F)cc(F)c4)nnc3s2)cc1. The summed E-state index contributed by atoms with van der Waals surface area (Å²) in [5.41, 5.74) is 1.29. The average Bonchev–Trinajstić information content (AvgIpc) is 3.15. The number of aromatic nitrogens is 4. The van der Waals surface area contributed by atoms with Crippen molar-refractivity contribution >= 4 is 28.4 Å². The molecule has 0 unspecified atom stereocenters. The molecule has 8 heteroatoms. The molecule has 0 spiro atoms. The zero-order valence-corrected chi connectivity index (χ0v) is 14.1. The van der Waals surface area contributed by atoms with E-state index in [1.54, 1.807) is 22.7 Å². The first-order chi connectivity index (χ1) is 12.6. The minimum atomic E-state index is -0.637. The summed E-state index contributed by atoms with van der Waals surface area (Å²) in [6.45, 7) is 0. The summed E-state index contributed by atoms with van der Waals surface area (Å²) < 4.78 is 41.1. The lowest BCUT2D eigenvalue weighted by molar-refractivity contribution is 0.580. The molecule has 2 aromatic carbocycles. The maximum absolute atomic E-state index is 13.3. The average molecular weight is 372 g/mol. The van der Waals surface area contributed by atoms with E-state index in [9.17, 15) is 13.2 Å². The summed E-state index contributed by atoms with van der Waals surface area (Å²) in [7, 11) is 0. The van der Waals surface area contributed by atoms with Gasteiger partial charge in [0, 0.05) is 12.5 Å². The third-order valence-corrected chi connectivity index (χ3v) is 4.51. The summed E-state index contributed by atoms with van der Waals surface area (Å²) >= 11 is 1.33. The smallest absolute Gasteiger partial charge is 0.207 e. The Labute approximate surface area is 150 Å². The fraction of sp³-hybridized carbons (Fsp3) is 0.0556. The van der Waals surface area contributed by atoms with Gasteiger partial charge in [0.05, 0.1) is 0 Å². The molecule has 0 saturated carbocycles. The van der Waals surface area contributed by atoms with Crippen LogP contribution in [-0.2, 0) is 6.42 Å². The molecule has 0 radical (unpaired) electrons. The maximum Gasteiger partial charge on any atom is 0.234 e. The van der Waals surface area contributed by atoms with Gasteiger partial charge in [-0.05, 0) is 41.5 Å². The first kappa shape index (κ1) is 16.5. The fourth-order valence-electron chi connectivity index (χ4n) is 2.49. The monoisotopic (exact) mass is 372 g/mol. The molecule has 4 aromatic rings. The van der Waals surface area contributed by atoms with Crippen LogP contribution in [0.25, 0.3) is 17.1 Å². The quantitative estimate of drug-likeness (QED) is 0.534. The van der Waals surface area contributed by atoms with Crippen molar-refractivity contribution in [2.75, 3.05) is 0 Å². The van der Waals surface area contributed by atoms with Crippen molar-refractivity contribution in [3.05, 3.63) is 81.9 Å². The van der Waals surface area contributed by atoms with Crippen molar-refractivity contribution < 1.29 is 13.2 Å². The molecule has 4 rings (SSSR count). The largest absolute Gasteiger partial charge is 0.234 e. The third-order valence-electron chi connectivity index (χ3n) is 3.64. The van der Waals surface area contributed by atoms with E-state index >= 15 is 0 Å². The molecule has 0 aliphatic carbocycles. The van der Waals surface area contributed by atoms with Crippen molar-refractivity contribution in [2.24, 2.45) is 0 Å². The zero-order chi connectivity index (χ0) is 18.1. The second kappa shape index (κ2) is 6.72. The van der Waals surface area contributed by atoms with Crippen molar-refractivity contribution in [1.29, 1.82) is 0 Å². The molecule has 0 atom stereocenters. The summed E-state index contributed by atoms with van der Waals surface area (Å²) in [4.78, 5) is 0.579. The molecule has 4 nitrogen and oxygen atoms in total. The van der Waals surface area contributed by atoms with Gasteiger partial charge in [0.2, 0.25) is 4.96 Å². The predicted molar refractivity (Wildman–Crippen MR) is 93.2 cm³/mol. The molecule has 0 fully saturated rings. The summed E-state index contributed by atoms with van der Waals surface area (Å²) in [5, 5.41) is 13.2. The number of fused-ring (bicyclic) bond motifs is 1. The first-order valence-corrected chi connectivity index (χ1v) is 8.48. The highest BCUT2D eigenvalue weighted by Gasteiger charge is 2.12. The van der Waals surface area contributed by atoms with Crippen molar-refractivity contribution in [3.63, 3.8) is 0 Å². The van der Waals surface area contributed by atoms with Crippen LogP contribution in [0.4, 0.5) is 13.2 Å². The number of rotatable bonds is 4. The van der Waals surface area contributed by atoms with E-state index in [0.29, 0.717) is 21.4 Å². The van der Waals surface area contributed by atoms with Crippen molar-refractivity contribution in [1.82, 2.24) is 19.8 Å². The van der Waals surface area contributed by atoms with Crippen LogP contribution in [0.15, 0.2) is 42.5 Å². The van der Waals surface area contributed by atoms with E-state index in [-0.39, 0.29) is 12.2 Å². The summed E-state index contributed by atoms with van der Waals surface area (Å²) in [6, 6.07) is 9.43. The van der Waals surface area contributed by atoms with E-state index in [1.165, 1.54) is 35.6 Å². The molecule has 0 bridgehead atoms. The van der Waals surface area contributed by atoms with Crippen LogP contribution in [0.2, 0.25) is 0 Å². The van der Waals surface area contributed by atoms with Gasteiger partial charge in [0.15, 0.2) is 5.82 Å². The van der Waals surface area contributed by atoms with Gasteiger partial charge in [-0.1, -0.05) is 29.5 Å². The van der Waals surface area contributed by atoms with Crippen LogP contribution >= 0.6 is 11.3 Å². The molecule has 0 aliphatic heterocycles. The van der Waals surface area contributed by atoms with Gasteiger partial charge in [-0.2, -0.15) is 9.61 Å². The lowest BCUT2D eigenvalue weighted by atomic mass is 10.1. The molecular formula is C18H11F3N4S. The van der Waals surface area contributed by atoms with Gasteiger partial charge in [-0.25, -0.2) is 13.2 Å². The zero-order valence-electron chi connectivity index (χ0n) is 13.2. The van der Waals surface area contributed by atoms with Crippen LogP contribution in [0.1, 0.15) is 22.0 Å². The molecule has 130 valence electrons. The Bertz CT molecular complexity index is 1080. The molecule has 0 saturated heterocycles. The van der Waals surface area contributed by atoms with E-state index in [4.69, 9.17) is 0 Å². The van der Waals surface area contributed by atoms with Crippen molar-refractivity contribution in [3.8, 4) is 0 Å². The molecule has 0 amide bonds. The molecular weight excluding hydrogens is 361 g/mol. The molecule has 0 aliphatic rings. The van der Waals surface area contributed by atoms with Crippen LogP contribution < -0.4 is 0 Å². The van der Waals surface area contributed by atoms with E-state index in [1.807, 2.05) is 6.08 Å². The number of halogens is 3. The lowest BCUT2D eigenvalue weighted by Gasteiger charge is -1.99.